The lowest BCUT2D eigenvalue weighted by Crippen LogP contribution is -2.15. The number of anilines is 1. The van der Waals surface area contributed by atoms with Gasteiger partial charge in [-0.3, -0.25) is 13.9 Å². The molecule has 2 aromatic heterocycles. The van der Waals surface area contributed by atoms with Crippen LogP contribution in [0.5, 0.6) is 0 Å². The van der Waals surface area contributed by atoms with Gasteiger partial charge < -0.3 is 0 Å². The molecule has 2 aromatic carbocycles. The first-order valence-corrected chi connectivity index (χ1v) is 12.3. The lowest BCUT2D eigenvalue weighted by molar-refractivity contribution is 0.599. The first kappa shape index (κ1) is 22.3. The van der Waals surface area contributed by atoms with Crippen LogP contribution in [0.25, 0.3) is 5.65 Å². The van der Waals surface area contributed by atoms with E-state index < -0.39 is 15.8 Å². The van der Waals surface area contributed by atoms with Crippen molar-refractivity contribution in [2.75, 3.05) is 4.72 Å². The van der Waals surface area contributed by atoms with E-state index in [9.17, 15) is 17.6 Å². The van der Waals surface area contributed by atoms with Gasteiger partial charge in [-0.25, -0.2) is 17.8 Å². The zero-order valence-electron chi connectivity index (χ0n) is 16.7. The Morgan fingerprint density at radius 3 is 2.69 bits per heavy atom. The van der Waals surface area contributed by atoms with Crippen molar-refractivity contribution in [3.05, 3.63) is 99.3 Å². The molecule has 0 aliphatic rings. The molecule has 0 atom stereocenters. The highest BCUT2D eigenvalue weighted by Crippen LogP contribution is 2.31. The van der Waals surface area contributed by atoms with E-state index in [2.05, 4.69) is 9.71 Å². The normalized spacial score (nSPS) is 11.6. The molecule has 0 aliphatic heterocycles. The molecule has 32 heavy (non-hydrogen) atoms. The standard InChI is InChI=1S/C22H17ClFN3O3S2/c1-14-6-9-21-25-15(10-22(28)27(21)12-14)13-31-20-5-3-2-4-19(20)26-32(29,30)16-7-8-18(24)17(23)11-16/h2-12,26H,13H2,1H3. The third-order valence-electron chi connectivity index (χ3n) is 4.57. The summed E-state index contributed by atoms with van der Waals surface area (Å²) in [4.78, 5) is 17.4. The molecule has 0 bridgehead atoms. The lowest BCUT2D eigenvalue weighted by Gasteiger charge is -2.13. The van der Waals surface area contributed by atoms with Crippen LogP contribution in [0, 0.1) is 12.7 Å². The molecule has 10 heteroatoms. The van der Waals surface area contributed by atoms with E-state index in [0.717, 1.165) is 23.8 Å². The van der Waals surface area contributed by atoms with Crippen molar-refractivity contribution in [2.24, 2.45) is 0 Å². The maximum Gasteiger partial charge on any atom is 0.261 e. The summed E-state index contributed by atoms with van der Waals surface area (Å²) in [7, 11) is -3.98. The van der Waals surface area contributed by atoms with Crippen LogP contribution in [-0.2, 0) is 15.8 Å². The van der Waals surface area contributed by atoms with Crippen LogP contribution >= 0.6 is 23.4 Å². The van der Waals surface area contributed by atoms with Gasteiger partial charge in [-0.2, -0.15) is 0 Å². The Kier molecular flexibility index (Phi) is 6.23. The van der Waals surface area contributed by atoms with Gasteiger partial charge in [-0.1, -0.05) is 29.8 Å². The molecule has 2 heterocycles. The zero-order valence-corrected chi connectivity index (χ0v) is 19.1. The van der Waals surface area contributed by atoms with Gasteiger partial charge >= 0.3 is 0 Å². The number of thioether (sulfide) groups is 1. The van der Waals surface area contributed by atoms with E-state index in [-0.39, 0.29) is 15.5 Å². The minimum absolute atomic E-state index is 0.150. The zero-order chi connectivity index (χ0) is 22.9. The number of nitrogens with one attached hydrogen (secondary N) is 1. The fraction of sp³-hybridized carbons (Fsp3) is 0.0909. The van der Waals surface area contributed by atoms with Crippen LogP contribution in [0.1, 0.15) is 11.3 Å². The Bertz CT molecular complexity index is 1490. The van der Waals surface area contributed by atoms with Crippen molar-refractivity contribution in [1.29, 1.82) is 0 Å². The number of sulfonamides is 1. The predicted molar refractivity (Wildman–Crippen MR) is 124 cm³/mol. The Morgan fingerprint density at radius 1 is 1.12 bits per heavy atom. The highest BCUT2D eigenvalue weighted by Gasteiger charge is 2.18. The predicted octanol–water partition coefficient (Wildman–Crippen LogP) is 4.89. The Labute approximate surface area is 193 Å². The van der Waals surface area contributed by atoms with Crippen LogP contribution in [0.2, 0.25) is 5.02 Å². The SMILES string of the molecule is Cc1ccc2nc(CSc3ccccc3NS(=O)(=O)c3ccc(F)c(Cl)c3)cc(=O)n2c1. The maximum atomic E-state index is 13.4. The van der Waals surface area contributed by atoms with Crippen molar-refractivity contribution in [3.8, 4) is 0 Å². The number of rotatable bonds is 6. The molecule has 4 aromatic rings. The van der Waals surface area contributed by atoms with Crippen molar-refractivity contribution >= 4 is 44.7 Å². The summed E-state index contributed by atoms with van der Waals surface area (Å²) >= 11 is 7.07. The molecule has 0 amide bonds. The number of hydrogen-bond donors (Lipinski definition) is 1. The third-order valence-corrected chi connectivity index (χ3v) is 7.33. The van der Waals surface area contributed by atoms with Gasteiger partial charge in [-0.15, -0.1) is 11.8 Å². The van der Waals surface area contributed by atoms with Crippen LogP contribution in [0.15, 0.2) is 81.4 Å². The van der Waals surface area contributed by atoms with Gasteiger partial charge in [0.1, 0.15) is 11.5 Å². The summed E-state index contributed by atoms with van der Waals surface area (Å²) < 4.78 is 42.9. The summed E-state index contributed by atoms with van der Waals surface area (Å²) in [5.74, 6) is -0.337. The molecular formula is C22H17ClFN3O3S2. The molecule has 0 unspecified atom stereocenters. The summed E-state index contributed by atoms with van der Waals surface area (Å²) in [6, 6.07) is 15.2. The molecule has 0 aliphatic carbocycles. The molecule has 4 rings (SSSR count). The maximum absolute atomic E-state index is 13.4. The molecular weight excluding hydrogens is 473 g/mol. The Morgan fingerprint density at radius 2 is 1.91 bits per heavy atom. The minimum atomic E-state index is -3.98. The van der Waals surface area contributed by atoms with Crippen molar-refractivity contribution < 1.29 is 12.8 Å². The number of benzene rings is 2. The van der Waals surface area contributed by atoms with Gasteiger partial charge in [0, 0.05) is 22.9 Å². The molecule has 0 spiro atoms. The summed E-state index contributed by atoms with van der Waals surface area (Å²) in [5.41, 5.74) is 2.24. The average molecular weight is 490 g/mol. The van der Waals surface area contributed by atoms with Gasteiger partial charge in [-0.05, 0) is 48.9 Å². The molecule has 0 fully saturated rings. The highest BCUT2D eigenvalue weighted by atomic mass is 35.5. The first-order valence-electron chi connectivity index (χ1n) is 9.41. The number of aryl methyl sites for hydroxylation is 1. The summed E-state index contributed by atoms with van der Waals surface area (Å²) in [5, 5.41) is -0.278. The molecule has 164 valence electrons. The minimum Gasteiger partial charge on any atom is -0.278 e. The van der Waals surface area contributed by atoms with E-state index in [0.29, 0.717) is 27.7 Å². The first-order chi connectivity index (χ1) is 15.2. The largest absolute Gasteiger partial charge is 0.278 e. The highest BCUT2D eigenvalue weighted by molar-refractivity contribution is 7.98. The fourth-order valence-electron chi connectivity index (χ4n) is 3.01. The number of nitrogens with zero attached hydrogens (tertiary/aromatic N) is 2. The van der Waals surface area contributed by atoms with Crippen LogP contribution in [0.3, 0.4) is 0 Å². The van der Waals surface area contributed by atoms with Crippen molar-refractivity contribution in [1.82, 2.24) is 9.38 Å². The molecule has 1 N–H and O–H groups in total. The van der Waals surface area contributed by atoms with Crippen molar-refractivity contribution in [3.63, 3.8) is 0 Å². The number of pyridine rings is 1. The van der Waals surface area contributed by atoms with E-state index in [4.69, 9.17) is 11.6 Å². The second-order valence-electron chi connectivity index (χ2n) is 6.99. The number of halogens is 2. The number of para-hydroxylation sites is 1. The number of aromatic nitrogens is 2. The molecule has 0 saturated heterocycles. The quantitative estimate of drug-likeness (QED) is 0.390. The van der Waals surface area contributed by atoms with E-state index >= 15 is 0 Å². The Hall–Kier alpha value is -2.88. The van der Waals surface area contributed by atoms with Crippen LogP contribution in [-0.4, -0.2) is 17.8 Å². The topological polar surface area (TPSA) is 80.5 Å². The second-order valence-corrected chi connectivity index (χ2v) is 10.1. The second kappa shape index (κ2) is 8.93. The van der Waals surface area contributed by atoms with E-state index in [1.54, 1.807) is 36.5 Å². The lowest BCUT2D eigenvalue weighted by atomic mass is 10.3. The summed E-state index contributed by atoms with van der Waals surface area (Å²) in [6.45, 7) is 1.90. The smallest absolute Gasteiger partial charge is 0.261 e. The number of hydrogen-bond acceptors (Lipinski definition) is 5. The average Bonchev–Trinajstić information content (AvgIpc) is 2.75. The fourth-order valence-corrected chi connectivity index (χ4v) is 5.32. The van der Waals surface area contributed by atoms with E-state index in [1.165, 1.54) is 22.2 Å². The number of fused-ring (bicyclic) bond motifs is 1. The monoisotopic (exact) mass is 489 g/mol. The molecule has 6 nitrogen and oxygen atoms in total. The van der Waals surface area contributed by atoms with Gasteiger partial charge in [0.25, 0.3) is 15.6 Å². The van der Waals surface area contributed by atoms with Gasteiger partial charge in [0.2, 0.25) is 0 Å². The molecule has 0 saturated carbocycles. The van der Waals surface area contributed by atoms with Gasteiger partial charge in [0.05, 0.1) is 21.3 Å². The van der Waals surface area contributed by atoms with Gasteiger partial charge in [0.15, 0.2) is 0 Å². The summed E-state index contributed by atoms with van der Waals surface area (Å²) in [6.07, 6.45) is 1.73. The Balaban J connectivity index is 1.58. The van der Waals surface area contributed by atoms with Crippen molar-refractivity contribution in [2.45, 2.75) is 22.5 Å². The third kappa shape index (κ3) is 4.79. The molecule has 0 radical (unpaired) electrons. The van der Waals surface area contributed by atoms with Crippen LogP contribution < -0.4 is 10.3 Å². The van der Waals surface area contributed by atoms with E-state index in [1.807, 2.05) is 13.0 Å². The van der Waals surface area contributed by atoms with Crippen LogP contribution in [0.4, 0.5) is 10.1 Å².